The van der Waals surface area contributed by atoms with Gasteiger partial charge in [-0.25, -0.2) is 0 Å². The minimum atomic E-state index is 0.678. The lowest BCUT2D eigenvalue weighted by Crippen LogP contribution is -1.74. The number of nitriles is 1. The van der Waals surface area contributed by atoms with Gasteiger partial charge in [-0.3, -0.25) is 0 Å². The van der Waals surface area contributed by atoms with E-state index < -0.39 is 0 Å². The molecule has 0 aromatic rings. The minimum Gasteiger partial charge on any atom is -0.193 e. The first-order chi connectivity index (χ1) is 4.57. The Morgan fingerprint density at radius 2 is 1.90 bits per heavy atom. The highest BCUT2D eigenvalue weighted by Gasteiger charge is 1.89. The van der Waals surface area contributed by atoms with Gasteiger partial charge in [-0.1, -0.05) is 11.6 Å². The largest absolute Gasteiger partial charge is 0.193 e. The Kier molecular flexibility index (Phi) is 3.83. The van der Waals surface area contributed by atoms with Gasteiger partial charge in [-0.15, -0.1) is 0 Å². The van der Waals surface area contributed by atoms with Gasteiger partial charge in [0.1, 0.15) is 0 Å². The van der Waals surface area contributed by atoms with Crippen molar-refractivity contribution in [2.75, 3.05) is 0 Å². The van der Waals surface area contributed by atoms with Crippen LogP contribution < -0.4 is 0 Å². The van der Waals surface area contributed by atoms with Crippen molar-refractivity contribution in [3.8, 4) is 6.07 Å². The summed E-state index contributed by atoms with van der Waals surface area (Å²) in [5.74, 6) is 0. The van der Waals surface area contributed by atoms with Crippen LogP contribution in [0.4, 0.5) is 0 Å². The summed E-state index contributed by atoms with van der Waals surface area (Å²) in [5, 5.41) is 9.11. The highest BCUT2D eigenvalue weighted by Crippen LogP contribution is 2.10. The SMILES string of the molecule is C/C(C#N)=C\C(C)=C(/C)Cl. The summed E-state index contributed by atoms with van der Waals surface area (Å²) in [6.07, 6.45) is 1.77. The fourth-order valence-electron chi connectivity index (χ4n) is 0.456. The fourth-order valence-corrected chi connectivity index (χ4v) is 0.511. The van der Waals surface area contributed by atoms with Crippen molar-refractivity contribution in [2.24, 2.45) is 0 Å². The number of nitrogens with zero attached hydrogens (tertiary/aromatic N) is 1. The summed E-state index contributed by atoms with van der Waals surface area (Å²) in [4.78, 5) is 0. The highest BCUT2D eigenvalue weighted by molar-refractivity contribution is 6.29. The molecule has 0 amide bonds. The first-order valence-corrected chi connectivity index (χ1v) is 3.37. The van der Waals surface area contributed by atoms with Gasteiger partial charge in [0.15, 0.2) is 0 Å². The third-order valence-electron chi connectivity index (χ3n) is 1.15. The average molecular weight is 156 g/mol. The quantitative estimate of drug-likeness (QED) is 0.422. The van der Waals surface area contributed by atoms with E-state index in [1.165, 1.54) is 0 Å². The smallest absolute Gasteiger partial charge is 0.0944 e. The molecule has 0 spiro atoms. The lowest BCUT2D eigenvalue weighted by atomic mass is 10.2. The number of allylic oxidation sites excluding steroid dienone is 4. The van der Waals surface area contributed by atoms with Gasteiger partial charge < -0.3 is 0 Å². The van der Waals surface area contributed by atoms with E-state index in [9.17, 15) is 0 Å². The van der Waals surface area contributed by atoms with Crippen molar-refractivity contribution in [3.63, 3.8) is 0 Å². The van der Waals surface area contributed by atoms with Crippen LogP contribution in [0.2, 0.25) is 0 Å². The number of halogens is 1. The molecule has 1 nitrogen and oxygen atoms in total. The zero-order chi connectivity index (χ0) is 8.15. The molecule has 10 heavy (non-hydrogen) atoms. The summed E-state index contributed by atoms with van der Waals surface area (Å²) in [5.41, 5.74) is 1.62. The third-order valence-corrected chi connectivity index (χ3v) is 1.45. The summed E-state index contributed by atoms with van der Waals surface area (Å²) in [7, 11) is 0. The van der Waals surface area contributed by atoms with Gasteiger partial charge in [0, 0.05) is 10.6 Å². The molecule has 0 aliphatic rings. The van der Waals surface area contributed by atoms with Crippen LogP contribution in [0, 0.1) is 11.3 Å². The molecule has 2 heteroatoms. The molecular formula is C8H10ClN. The normalized spacial score (nSPS) is 14.1. The molecule has 0 radical (unpaired) electrons. The summed E-state index contributed by atoms with van der Waals surface area (Å²) >= 11 is 5.65. The Morgan fingerprint density at radius 1 is 1.40 bits per heavy atom. The van der Waals surface area contributed by atoms with Crippen molar-refractivity contribution in [2.45, 2.75) is 20.8 Å². The third kappa shape index (κ3) is 3.32. The van der Waals surface area contributed by atoms with Gasteiger partial charge in [0.05, 0.1) is 6.07 Å². The monoisotopic (exact) mass is 155 g/mol. The molecule has 0 aliphatic heterocycles. The molecule has 0 bridgehead atoms. The lowest BCUT2D eigenvalue weighted by molar-refractivity contribution is 1.38. The molecule has 0 saturated heterocycles. The molecule has 0 rings (SSSR count). The Hall–Kier alpha value is -0.740. The summed E-state index contributed by atoms with van der Waals surface area (Å²) in [6, 6.07) is 2.02. The van der Waals surface area contributed by atoms with E-state index in [0.717, 1.165) is 10.6 Å². The Bertz CT molecular complexity index is 214. The molecule has 0 atom stereocenters. The minimum absolute atomic E-state index is 0.678. The first kappa shape index (κ1) is 9.26. The predicted octanol–water partition coefficient (Wildman–Crippen LogP) is 2.99. The first-order valence-electron chi connectivity index (χ1n) is 2.99. The van der Waals surface area contributed by atoms with Crippen LogP contribution in [0.1, 0.15) is 20.8 Å². The number of hydrogen-bond acceptors (Lipinski definition) is 1. The van der Waals surface area contributed by atoms with Gasteiger partial charge in [0.25, 0.3) is 0 Å². The topological polar surface area (TPSA) is 23.8 Å². The van der Waals surface area contributed by atoms with Crippen LogP contribution in [-0.4, -0.2) is 0 Å². The lowest BCUT2D eigenvalue weighted by Gasteiger charge is -1.92. The summed E-state index contributed by atoms with van der Waals surface area (Å²) in [6.45, 7) is 5.44. The van der Waals surface area contributed by atoms with Crippen molar-refractivity contribution >= 4 is 11.6 Å². The predicted molar refractivity (Wildman–Crippen MR) is 43.6 cm³/mol. The van der Waals surface area contributed by atoms with Crippen LogP contribution in [0.3, 0.4) is 0 Å². The Balaban J connectivity index is 4.47. The van der Waals surface area contributed by atoms with E-state index >= 15 is 0 Å². The molecule has 0 unspecified atom stereocenters. The molecule has 0 saturated carbocycles. The van der Waals surface area contributed by atoms with Crippen LogP contribution in [0.15, 0.2) is 22.3 Å². The van der Waals surface area contributed by atoms with E-state index in [1.807, 2.05) is 13.0 Å². The molecular weight excluding hydrogens is 146 g/mol. The van der Waals surface area contributed by atoms with Gasteiger partial charge in [0.2, 0.25) is 0 Å². The zero-order valence-electron chi connectivity index (χ0n) is 6.40. The molecule has 0 fully saturated rings. The molecule has 0 aliphatic carbocycles. The van der Waals surface area contributed by atoms with Gasteiger partial charge in [-0.05, 0) is 32.4 Å². The molecule has 0 N–H and O–H groups in total. The maximum Gasteiger partial charge on any atom is 0.0944 e. The molecule has 0 aromatic carbocycles. The van der Waals surface area contributed by atoms with Crippen molar-refractivity contribution in [1.82, 2.24) is 0 Å². The van der Waals surface area contributed by atoms with E-state index in [-0.39, 0.29) is 0 Å². The van der Waals surface area contributed by atoms with Gasteiger partial charge >= 0.3 is 0 Å². The Morgan fingerprint density at radius 3 is 2.20 bits per heavy atom. The maximum atomic E-state index is 8.38. The zero-order valence-corrected chi connectivity index (χ0v) is 7.16. The van der Waals surface area contributed by atoms with Gasteiger partial charge in [-0.2, -0.15) is 5.26 Å². The van der Waals surface area contributed by atoms with Crippen molar-refractivity contribution in [3.05, 3.63) is 22.3 Å². The summed E-state index contributed by atoms with van der Waals surface area (Å²) < 4.78 is 0. The van der Waals surface area contributed by atoms with Crippen LogP contribution in [-0.2, 0) is 0 Å². The second-order valence-electron chi connectivity index (χ2n) is 2.16. The standard InChI is InChI=1S/C8H10ClN/c1-6(5-10)4-7(2)8(3)9/h4H,1-3H3/b6-4+,8-7+. The van der Waals surface area contributed by atoms with Crippen LogP contribution in [0.25, 0.3) is 0 Å². The van der Waals surface area contributed by atoms with Crippen LogP contribution in [0.5, 0.6) is 0 Å². The van der Waals surface area contributed by atoms with Crippen molar-refractivity contribution < 1.29 is 0 Å². The van der Waals surface area contributed by atoms with E-state index in [1.54, 1.807) is 19.9 Å². The van der Waals surface area contributed by atoms with Crippen LogP contribution >= 0.6 is 11.6 Å². The number of rotatable bonds is 1. The second kappa shape index (κ2) is 4.14. The number of hydrogen-bond donors (Lipinski definition) is 0. The molecule has 0 heterocycles. The molecule has 54 valence electrons. The van der Waals surface area contributed by atoms with E-state index in [0.29, 0.717) is 5.57 Å². The van der Waals surface area contributed by atoms with Crippen molar-refractivity contribution in [1.29, 1.82) is 5.26 Å². The highest BCUT2D eigenvalue weighted by atomic mass is 35.5. The average Bonchev–Trinajstić information content (AvgIpc) is 1.87. The van der Waals surface area contributed by atoms with E-state index in [4.69, 9.17) is 16.9 Å². The Labute approximate surface area is 66.6 Å². The second-order valence-corrected chi connectivity index (χ2v) is 2.72. The van der Waals surface area contributed by atoms with E-state index in [2.05, 4.69) is 0 Å². The maximum absolute atomic E-state index is 8.38. The molecule has 0 aromatic heterocycles. The fraction of sp³-hybridized carbons (Fsp3) is 0.375.